The highest BCUT2D eigenvalue weighted by atomic mass is 79.9. The van der Waals surface area contributed by atoms with Crippen LogP contribution in [-0.4, -0.2) is 12.3 Å². The van der Waals surface area contributed by atoms with Crippen molar-refractivity contribution in [1.82, 2.24) is 5.16 Å². The SMILES string of the molecule is COc1cccc(-c2c(-c3ccoc3Br)noc2N)c1. The van der Waals surface area contributed by atoms with Gasteiger partial charge in [-0.15, -0.1) is 0 Å². The normalized spacial score (nSPS) is 10.7. The Bertz CT molecular complexity index is 748. The molecule has 0 radical (unpaired) electrons. The number of benzene rings is 1. The maximum absolute atomic E-state index is 5.91. The summed E-state index contributed by atoms with van der Waals surface area (Å²) >= 11 is 3.33. The molecule has 0 fully saturated rings. The highest BCUT2D eigenvalue weighted by molar-refractivity contribution is 9.10. The number of hydrogen-bond acceptors (Lipinski definition) is 5. The molecule has 2 aromatic heterocycles. The molecule has 20 heavy (non-hydrogen) atoms. The lowest BCUT2D eigenvalue weighted by molar-refractivity contribution is 0.415. The average Bonchev–Trinajstić information content (AvgIpc) is 3.04. The van der Waals surface area contributed by atoms with Crippen LogP contribution in [-0.2, 0) is 0 Å². The highest BCUT2D eigenvalue weighted by Crippen LogP contribution is 2.40. The first-order valence-corrected chi connectivity index (χ1v) is 6.63. The van der Waals surface area contributed by atoms with Crippen LogP contribution in [0.1, 0.15) is 0 Å². The van der Waals surface area contributed by atoms with E-state index in [1.54, 1.807) is 19.4 Å². The number of methoxy groups -OCH3 is 1. The quantitative estimate of drug-likeness (QED) is 0.784. The van der Waals surface area contributed by atoms with Crippen LogP contribution < -0.4 is 10.5 Å². The monoisotopic (exact) mass is 334 g/mol. The van der Waals surface area contributed by atoms with E-state index in [4.69, 9.17) is 19.4 Å². The topological polar surface area (TPSA) is 74.4 Å². The van der Waals surface area contributed by atoms with Crippen molar-refractivity contribution in [2.75, 3.05) is 12.8 Å². The molecule has 0 saturated heterocycles. The molecule has 2 N–H and O–H groups in total. The number of nitrogen functional groups attached to an aromatic ring is 1. The molecule has 0 amide bonds. The Morgan fingerprint density at radius 1 is 1.30 bits per heavy atom. The van der Waals surface area contributed by atoms with E-state index in [0.29, 0.717) is 15.9 Å². The van der Waals surface area contributed by atoms with Gasteiger partial charge in [-0.2, -0.15) is 0 Å². The second kappa shape index (κ2) is 5.05. The van der Waals surface area contributed by atoms with Crippen LogP contribution in [0.2, 0.25) is 0 Å². The number of hydrogen-bond donors (Lipinski definition) is 1. The largest absolute Gasteiger partial charge is 0.497 e. The van der Waals surface area contributed by atoms with Gasteiger partial charge in [0.1, 0.15) is 11.4 Å². The van der Waals surface area contributed by atoms with E-state index in [2.05, 4.69) is 21.1 Å². The predicted octanol–water partition coefficient (Wildman–Crippen LogP) is 3.95. The summed E-state index contributed by atoms with van der Waals surface area (Å²) in [6, 6.07) is 9.34. The molecule has 3 rings (SSSR count). The summed E-state index contributed by atoms with van der Waals surface area (Å²) in [6.45, 7) is 0. The smallest absolute Gasteiger partial charge is 0.230 e. The lowest BCUT2D eigenvalue weighted by Crippen LogP contribution is -1.89. The summed E-state index contributed by atoms with van der Waals surface area (Å²) < 4.78 is 16.2. The molecule has 0 aliphatic rings. The molecule has 0 atom stereocenters. The van der Waals surface area contributed by atoms with E-state index in [0.717, 1.165) is 16.9 Å². The van der Waals surface area contributed by atoms with Gasteiger partial charge >= 0.3 is 0 Å². The van der Waals surface area contributed by atoms with Crippen molar-refractivity contribution in [1.29, 1.82) is 0 Å². The number of furan rings is 1. The van der Waals surface area contributed by atoms with Crippen LogP contribution in [0.25, 0.3) is 22.4 Å². The minimum atomic E-state index is 0.251. The number of anilines is 1. The number of rotatable bonds is 3. The van der Waals surface area contributed by atoms with E-state index in [-0.39, 0.29) is 5.88 Å². The van der Waals surface area contributed by atoms with E-state index in [1.165, 1.54) is 0 Å². The maximum atomic E-state index is 5.91. The van der Waals surface area contributed by atoms with Gasteiger partial charge in [-0.1, -0.05) is 17.3 Å². The zero-order valence-corrected chi connectivity index (χ0v) is 12.2. The van der Waals surface area contributed by atoms with Crippen molar-refractivity contribution in [3.8, 4) is 28.1 Å². The van der Waals surface area contributed by atoms with Crippen LogP contribution in [0.5, 0.6) is 5.75 Å². The van der Waals surface area contributed by atoms with E-state index < -0.39 is 0 Å². The first-order valence-electron chi connectivity index (χ1n) is 5.83. The minimum Gasteiger partial charge on any atom is -0.497 e. The molecule has 0 aliphatic carbocycles. The van der Waals surface area contributed by atoms with Crippen LogP contribution in [0, 0.1) is 0 Å². The number of ether oxygens (including phenoxy) is 1. The highest BCUT2D eigenvalue weighted by Gasteiger charge is 2.20. The van der Waals surface area contributed by atoms with Crippen LogP contribution in [0.15, 0.2) is 50.2 Å². The van der Waals surface area contributed by atoms with Gasteiger partial charge in [-0.3, -0.25) is 0 Å². The zero-order valence-electron chi connectivity index (χ0n) is 10.6. The van der Waals surface area contributed by atoms with Crippen LogP contribution in [0.4, 0.5) is 5.88 Å². The number of aromatic nitrogens is 1. The van der Waals surface area contributed by atoms with Gasteiger partial charge in [0, 0.05) is 0 Å². The van der Waals surface area contributed by atoms with Gasteiger partial charge < -0.3 is 19.4 Å². The lowest BCUT2D eigenvalue weighted by Gasteiger charge is -2.04. The second-order valence-electron chi connectivity index (χ2n) is 4.11. The van der Waals surface area contributed by atoms with Gasteiger partial charge in [-0.05, 0) is 39.7 Å². The minimum absolute atomic E-state index is 0.251. The summed E-state index contributed by atoms with van der Waals surface area (Å²) in [5.74, 6) is 0.988. The van der Waals surface area contributed by atoms with Gasteiger partial charge in [-0.25, -0.2) is 0 Å². The Labute approximate surface area is 123 Å². The van der Waals surface area contributed by atoms with Crippen molar-refractivity contribution in [3.63, 3.8) is 0 Å². The molecular weight excluding hydrogens is 324 g/mol. The third-order valence-electron chi connectivity index (χ3n) is 2.95. The molecule has 0 unspecified atom stereocenters. The van der Waals surface area contributed by atoms with Gasteiger partial charge in [0.25, 0.3) is 0 Å². The summed E-state index contributed by atoms with van der Waals surface area (Å²) in [6.07, 6.45) is 1.57. The standard InChI is InChI=1S/C14H11BrN2O3/c1-18-9-4-2-3-8(7-9)11-12(17-20-14(11)16)10-5-6-19-13(10)15/h2-7H,16H2,1H3. The van der Waals surface area contributed by atoms with Gasteiger partial charge in [0.05, 0.1) is 24.5 Å². The van der Waals surface area contributed by atoms with Crippen molar-refractivity contribution in [2.45, 2.75) is 0 Å². The average molecular weight is 335 g/mol. The van der Waals surface area contributed by atoms with Crippen molar-refractivity contribution < 1.29 is 13.7 Å². The molecule has 102 valence electrons. The fraction of sp³-hybridized carbons (Fsp3) is 0.0714. The van der Waals surface area contributed by atoms with E-state index in [1.807, 2.05) is 24.3 Å². The lowest BCUT2D eigenvalue weighted by atomic mass is 10.0. The number of halogens is 1. The third kappa shape index (κ3) is 2.08. The molecule has 0 aliphatic heterocycles. The molecule has 3 aromatic rings. The summed E-state index contributed by atoms with van der Waals surface area (Å²) in [4.78, 5) is 0. The Hall–Kier alpha value is -2.21. The first-order chi connectivity index (χ1) is 9.70. The molecule has 0 bridgehead atoms. The molecular formula is C14H11BrN2O3. The summed E-state index contributed by atoms with van der Waals surface area (Å²) in [5.41, 5.74) is 8.89. The Kier molecular flexibility index (Phi) is 3.23. The molecule has 1 aromatic carbocycles. The van der Waals surface area contributed by atoms with Crippen molar-refractivity contribution in [3.05, 3.63) is 41.3 Å². The summed E-state index contributed by atoms with van der Waals surface area (Å²) in [7, 11) is 1.61. The van der Waals surface area contributed by atoms with Crippen molar-refractivity contribution >= 4 is 21.8 Å². The maximum Gasteiger partial charge on any atom is 0.230 e. The molecule has 0 saturated carbocycles. The van der Waals surface area contributed by atoms with Crippen LogP contribution >= 0.6 is 15.9 Å². The van der Waals surface area contributed by atoms with Gasteiger partial charge in [0.15, 0.2) is 4.67 Å². The zero-order chi connectivity index (χ0) is 14.1. The Morgan fingerprint density at radius 3 is 2.85 bits per heavy atom. The summed E-state index contributed by atoms with van der Waals surface area (Å²) in [5, 5.41) is 4.02. The second-order valence-corrected chi connectivity index (χ2v) is 4.83. The predicted molar refractivity (Wildman–Crippen MR) is 78.3 cm³/mol. The molecule has 6 heteroatoms. The van der Waals surface area contributed by atoms with E-state index in [9.17, 15) is 0 Å². The fourth-order valence-corrected chi connectivity index (χ4v) is 2.43. The first kappa shape index (κ1) is 12.8. The molecule has 5 nitrogen and oxygen atoms in total. The third-order valence-corrected chi connectivity index (χ3v) is 3.56. The Morgan fingerprint density at radius 2 is 2.15 bits per heavy atom. The van der Waals surface area contributed by atoms with Gasteiger partial charge in [0.2, 0.25) is 5.88 Å². The number of nitrogens with zero attached hydrogens (tertiary/aromatic N) is 1. The van der Waals surface area contributed by atoms with E-state index >= 15 is 0 Å². The molecule has 2 heterocycles. The van der Waals surface area contributed by atoms with Crippen LogP contribution in [0.3, 0.4) is 0 Å². The Balaban J connectivity index is 2.19. The molecule has 0 spiro atoms. The number of nitrogens with two attached hydrogens (primary N) is 1. The van der Waals surface area contributed by atoms with Crippen molar-refractivity contribution in [2.24, 2.45) is 0 Å². The fourth-order valence-electron chi connectivity index (χ4n) is 2.01.